The van der Waals surface area contributed by atoms with Crippen molar-refractivity contribution in [3.05, 3.63) is 39.6 Å². The Hall–Kier alpha value is -1.59. The first kappa shape index (κ1) is 11.9. The van der Waals surface area contributed by atoms with Crippen LogP contribution >= 0.6 is 23.2 Å². The van der Waals surface area contributed by atoms with E-state index >= 15 is 0 Å². The van der Waals surface area contributed by atoms with E-state index < -0.39 is 0 Å². The third-order valence-corrected chi connectivity index (χ3v) is 3.11. The molecule has 2 N–H and O–H groups in total. The van der Waals surface area contributed by atoms with E-state index in [-0.39, 0.29) is 11.6 Å². The van der Waals surface area contributed by atoms with Gasteiger partial charge in [-0.1, -0.05) is 23.2 Å². The van der Waals surface area contributed by atoms with Gasteiger partial charge >= 0.3 is 0 Å². The van der Waals surface area contributed by atoms with Crippen LogP contribution in [0.2, 0.25) is 10.0 Å². The Morgan fingerprint density at radius 2 is 2.18 bits per heavy atom. The third kappa shape index (κ3) is 2.40. The summed E-state index contributed by atoms with van der Waals surface area (Å²) in [6.45, 7) is 1.77. The van der Waals surface area contributed by atoms with E-state index in [1.54, 1.807) is 19.1 Å². The summed E-state index contributed by atoms with van der Waals surface area (Å²) in [6, 6.07) is 3.30. The number of aromatic nitrogens is 3. The minimum Gasteiger partial charge on any atom is -0.319 e. The van der Waals surface area contributed by atoms with Gasteiger partial charge in [-0.05, 0) is 24.6 Å². The molecule has 1 amide bonds. The number of hydrogen-bond donors (Lipinski definition) is 2. The molecule has 0 saturated carbocycles. The molecule has 0 aliphatic carbocycles. The number of nitrogens with zero attached hydrogens (tertiary/aromatic N) is 2. The van der Waals surface area contributed by atoms with Crippen LogP contribution in [0.5, 0.6) is 0 Å². The number of rotatable bonds is 2. The molecular weight excluding hydrogens is 263 g/mol. The molecule has 0 aliphatic rings. The van der Waals surface area contributed by atoms with Gasteiger partial charge in [0.2, 0.25) is 0 Å². The average molecular weight is 271 g/mol. The predicted octanol–water partition coefficient (Wildman–Crippen LogP) is 2.67. The molecule has 2 rings (SSSR count). The molecule has 0 aliphatic heterocycles. The molecular formula is C10H8Cl2N4O. The quantitative estimate of drug-likeness (QED) is 0.882. The minimum absolute atomic E-state index is 0.189. The van der Waals surface area contributed by atoms with Crippen molar-refractivity contribution in [3.63, 3.8) is 0 Å². The van der Waals surface area contributed by atoms with Crippen molar-refractivity contribution in [3.8, 4) is 0 Å². The predicted molar refractivity (Wildman–Crippen MR) is 65.5 cm³/mol. The Balaban J connectivity index is 2.25. The molecule has 1 aromatic heterocycles. The van der Waals surface area contributed by atoms with Crippen molar-refractivity contribution in [1.82, 2.24) is 15.4 Å². The molecule has 17 heavy (non-hydrogen) atoms. The topological polar surface area (TPSA) is 70.7 Å². The first-order valence-electron chi connectivity index (χ1n) is 4.71. The van der Waals surface area contributed by atoms with Crippen molar-refractivity contribution in [2.24, 2.45) is 0 Å². The van der Waals surface area contributed by atoms with Gasteiger partial charge in [0.25, 0.3) is 5.91 Å². The maximum atomic E-state index is 11.7. The van der Waals surface area contributed by atoms with Crippen LogP contribution in [0, 0.1) is 6.92 Å². The van der Waals surface area contributed by atoms with E-state index in [0.717, 1.165) is 0 Å². The summed E-state index contributed by atoms with van der Waals surface area (Å²) in [5.41, 5.74) is 1.39. The number of benzene rings is 1. The Morgan fingerprint density at radius 3 is 2.82 bits per heavy atom. The molecule has 88 valence electrons. The number of anilines is 1. The normalized spacial score (nSPS) is 10.3. The van der Waals surface area contributed by atoms with Crippen molar-refractivity contribution in [1.29, 1.82) is 0 Å². The van der Waals surface area contributed by atoms with Crippen molar-refractivity contribution in [2.75, 3.05) is 5.32 Å². The van der Waals surface area contributed by atoms with Crippen LogP contribution in [0.25, 0.3) is 0 Å². The summed E-state index contributed by atoms with van der Waals surface area (Å²) in [5.74, 6) is -0.387. The zero-order chi connectivity index (χ0) is 12.4. The van der Waals surface area contributed by atoms with E-state index in [1.807, 2.05) is 0 Å². The zero-order valence-electron chi connectivity index (χ0n) is 8.79. The molecule has 0 saturated heterocycles. The van der Waals surface area contributed by atoms with Gasteiger partial charge in [-0.15, -0.1) is 0 Å². The van der Waals surface area contributed by atoms with Gasteiger partial charge in [0.05, 0.1) is 16.9 Å². The SMILES string of the molecule is Cc1c(Cl)ccc(NC(=O)c2cn[nH]n2)c1Cl. The number of carbonyl (C=O) groups excluding carboxylic acids is 1. The summed E-state index contributed by atoms with van der Waals surface area (Å²) >= 11 is 12.0. The van der Waals surface area contributed by atoms with Crippen LogP contribution in [0.3, 0.4) is 0 Å². The van der Waals surface area contributed by atoms with Crippen LogP contribution in [-0.4, -0.2) is 21.3 Å². The highest BCUT2D eigenvalue weighted by molar-refractivity contribution is 6.38. The summed E-state index contributed by atoms with van der Waals surface area (Å²) in [6.07, 6.45) is 1.33. The molecule has 7 heteroatoms. The van der Waals surface area contributed by atoms with Gasteiger partial charge in [-0.2, -0.15) is 15.4 Å². The van der Waals surface area contributed by atoms with Gasteiger partial charge in [-0.25, -0.2) is 0 Å². The monoisotopic (exact) mass is 270 g/mol. The summed E-state index contributed by atoms with van der Waals surface area (Å²) in [4.78, 5) is 11.7. The summed E-state index contributed by atoms with van der Waals surface area (Å²) in [7, 11) is 0. The summed E-state index contributed by atoms with van der Waals surface area (Å²) < 4.78 is 0. The molecule has 1 heterocycles. The molecule has 0 atom stereocenters. The average Bonchev–Trinajstić information content (AvgIpc) is 2.83. The summed E-state index contributed by atoms with van der Waals surface area (Å²) in [5, 5.41) is 13.2. The Labute approximate surface area is 107 Å². The van der Waals surface area contributed by atoms with E-state index in [9.17, 15) is 4.79 Å². The molecule has 1 aromatic carbocycles. The minimum atomic E-state index is -0.387. The van der Waals surface area contributed by atoms with Crippen LogP contribution in [-0.2, 0) is 0 Å². The number of amides is 1. The maximum Gasteiger partial charge on any atom is 0.277 e. The lowest BCUT2D eigenvalue weighted by Crippen LogP contribution is -2.13. The Bertz CT molecular complexity index is 554. The second-order valence-corrected chi connectivity index (χ2v) is 4.13. The number of nitrogens with one attached hydrogen (secondary N) is 2. The zero-order valence-corrected chi connectivity index (χ0v) is 10.3. The van der Waals surface area contributed by atoms with Crippen LogP contribution in [0.4, 0.5) is 5.69 Å². The number of hydrogen-bond acceptors (Lipinski definition) is 3. The molecule has 0 spiro atoms. The maximum absolute atomic E-state index is 11.7. The van der Waals surface area contributed by atoms with Gasteiger partial charge in [-0.3, -0.25) is 4.79 Å². The number of aromatic amines is 1. The lowest BCUT2D eigenvalue weighted by molar-refractivity contribution is 0.102. The standard InChI is InChI=1S/C10H8Cl2N4O/c1-5-6(11)2-3-7(9(5)12)14-10(17)8-4-13-16-15-8/h2-4H,1H3,(H,14,17)(H,13,15,16). The highest BCUT2D eigenvalue weighted by atomic mass is 35.5. The largest absolute Gasteiger partial charge is 0.319 e. The van der Waals surface area contributed by atoms with Crippen molar-refractivity contribution >= 4 is 34.8 Å². The fraction of sp³-hybridized carbons (Fsp3) is 0.100. The molecule has 0 bridgehead atoms. The molecule has 2 aromatic rings. The molecule has 0 fully saturated rings. The highest BCUT2D eigenvalue weighted by Crippen LogP contribution is 2.30. The van der Waals surface area contributed by atoms with E-state index in [4.69, 9.17) is 23.2 Å². The van der Waals surface area contributed by atoms with E-state index in [2.05, 4.69) is 20.7 Å². The highest BCUT2D eigenvalue weighted by Gasteiger charge is 2.12. The fourth-order valence-electron chi connectivity index (χ4n) is 1.26. The van der Waals surface area contributed by atoms with E-state index in [1.165, 1.54) is 6.20 Å². The van der Waals surface area contributed by atoms with Crippen LogP contribution < -0.4 is 5.32 Å². The van der Waals surface area contributed by atoms with Gasteiger partial charge < -0.3 is 5.32 Å². The fourth-order valence-corrected chi connectivity index (χ4v) is 1.67. The first-order valence-corrected chi connectivity index (χ1v) is 5.47. The Morgan fingerprint density at radius 1 is 1.41 bits per heavy atom. The first-order chi connectivity index (χ1) is 8.09. The van der Waals surface area contributed by atoms with Crippen LogP contribution in [0.1, 0.15) is 16.1 Å². The number of halogens is 2. The molecule has 0 unspecified atom stereocenters. The number of H-pyrrole nitrogens is 1. The Kier molecular flexibility index (Phi) is 3.31. The lowest BCUT2D eigenvalue weighted by atomic mass is 10.2. The number of carbonyl (C=O) groups is 1. The van der Waals surface area contributed by atoms with E-state index in [0.29, 0.717) is 21.3 Å². The van der Waals surface area contributed by atoms with Gasteiger partial charge in [0, 0.05) is 5.02 Å². The second kappa shape index (κ2) is 4.73. The molecule has 0 radical (unpaired) electrons. The second-order valence-electron chi connectivity index (χ2n) is 3.34. The van der Waals surface area contributed by atoms with Crippen molar-refractivity contribution < 1.29 is 4.79 Å². The lowest BCUT2D eigenvalue weighted by Gasteiger charge is -2.08. The molecule has 5 nitrogen and oxygen atoms in total. The smallest absolute Gasteiger partial charge is 0.277 e. The van der Waals surface area contributed by atoms with Crippen molar-refractivity contribution in [2.45, 2.75) is 6.92 Å². The van der Waals surface area contributed by atoms with Gasteiger partial charge in [0.15, 0.2) is 5.69 Å². The van der Waals surface area contributed by atoms with Gasteiger partial charge in [0.1, 0.15) is 0 Å². The van der Waals surface area contributed by atoms with Crippen LogP contribution in [0.15, 0.2) is 18.3 Å². The third-order valence-electron chi connectivity index (χ3n) is 2.22.